The number of nitrogens with zero attached hydrogens (tertiary/aromatic N) is 3. The molecule has 1 atom stereocenters. The van der Waals surface area contributed by atoms with Crippen molar-refractivity contribution in [1.29, 1.82) is 0 Å². The van der Waals surface area contributed by atoms with E-state index in [0.29, 0.717) is 23.1 Å². The highest BCUT2D eigenvalue weighted by Gasteiger charge is 2.41. The van der Waals surface area contributed by atoms with E-state index in [9.17, 15) is 9.90 Å². The Morgan fingerprint density at radius 3 is 2.67 bits per heavy atom. The number of benzene rings is 2. The molecule has 1 amide bonds. The van der Waals surface area contributed by atoms with Gasteiger partial charge in [0, 0.05) is 47.0 Å². The summed E-state index contributed by atoms with van der Waals surface area (Å²) in [5, 5.41) is 18.6. The molecule has 0 aliphatic carbocycles. The lowest BCUT2D eigenvalue weighted by molar-refractivity contribution is -0.110. The molecule has 5 rings (SSSR count). The number of amides is 1. The molecule has 0 fully saturated rings. The maximum absolute atomic E-state index is 12.9. The van der Waals surface area contributed by atoms with Gasteiger partial charge < -0.3 is 15.3 Å². The molecule has 1 aromatic heterocycles. The fraction of sp³-hybridized carbons (Fsp3) is 0.167. The summed E-state index contributed by atoms with van der Waals surface area (Å²) in [6.45, 7) is 1.99. The number of hydrogen-bond acceptors (Lipinski definition) is 4. The standard InChI is InChI=1S/C24H20N4O2/c1-3-19-22-21-18(26-23(22)29)12-11-16(10-9-15-13-25-27(2)14-15)20(21)24(30)28(19)17-7-5-4-6-8-17/h4-8,11-14,24,30H,3H2,1-2H3,(H,26,29). The quantitative estimate of drug-likeness (QED) is 0.652. The molecule has 1 unspecified atom stereocenters. The highest BCUT2D eigenvalue weighted by molar-refractivity contribution is 6.33. The van der Waals surface area contributed by atoms with Gasteiger partial charge in [-0.25, -0.2) is 0 Å². The van der Waals surface area contributed by atoms with Gasteiger partial charge >= 0.3 is 0 Å². The lowest BCUT2D eigenvalue weighted by Crippen LogP contribution is -2.33. The van der Waals surface area contributed by atoms with E-state index in [0.717, 1.165) is 28.2 Å². The van der Waals surface area contributed by atoms with E-state index in [1.807, 2.05) is 67.5 Å². The van der Waals surface area contributed by atoms with Gasteiger partial charge in [0.25, 0.3) is 5.91 Å². The number of allylic oxidation sites excluding steroid dienone is 1. The Balaban J connectivity index is 1.74. The molecule has 0 radical (unpaired) electrons. The third-order valence-corrected chi connectivity index (χ3v) is 5.47. The van der Waals surface area contributed by atoms with Crippen LogP contribution in [0.3, 0.4) is 0 Å². The first-order chi connectivity index (χ1) is 14.6. The SMILES string of the molecule is CCC1=C2C(=O)Nc3ccc(C#Cc4cnn(C)c4)c(c32)C(O)N1c1ccccc1. The molecule has 148 valence electrons. The Bertz CT molecular complexity index is 1260. The average molecular weight is 396 g/mol. The van der Waals surface area contributed by atoms with Gasteiger partial charge in [-0.2, -0.15) is 5.10 Å². The number of carbonyl (C=O) groups excluding carboxylic acids is 1. The highest BCUT2D eigenvalue weighted by Crippen LogP contribution is 2.48. The molecule has 2 aliphatic heterocycles. The molecule has 3 aromatic rings. The monoisotopic (exact) mass is 396 g/mol. The topological polar surface area (TPSA) is 70.4 Å². The molecule has 0 saturated heterocycles. The van der Waals surface area contributed by atoms with Crippen LogP contribution in [-0.4, -0.2) is 20.8 Å². The Labute approximate surface area is 174 Å². The first-order valence-electron chi connectivity index (χ1n) is 9.83. The van der Waals surface area contributed by atoms with Crippen LogP contribution in [0.1, 0.15) is 41.8 Å². The molecule has 6 nitrogen and oxygen atoms in total. The Morgan fingerprint density at radius 2 is 1.97 bits per heavy atom. The van der Waals surface area contributed by atoms with E-state index in [1.165, 1.54) is 0 Å². The van der Waals surface area contributed by atoms with Crippen LogP contribution in [0.5, 0.6) is 0 Å². The van der Waals surface area contributed by atoms with Gasteiger partial charge in [-0.05, 0) is 30.7 Å². The molecule has 2 N–H and O–H groups in total. The number of anilines is 2. The molecule has 2 aliphatic rings. The normalized spacial score (nSPS) is 16.8. The van der Waals surface area contributed by atoms with Crippen molar-refractivity contribution in [2.45, 2.75) is 19.6 Å². The lowest BCUT2D eigenvalue weighted by Gasteiger charge is -2.37. The Hall–Kier alpha value is -3.82. The van der Waals surface area contributed by atoms with Crippen molar-refractivity contribution >= 4 is 22.9 Å². The van der Waals surface area contributed by atoms with E-state index in [2.05, 4.69) is 22.3 Å². The molecule has 30 heavy (non-hydrogen) atoms. The van der Waals surface area contributed by atoms with Gasteiger partial charge in [0.2, 0.25) is 0 Å². The smallest absolute Gasteiger partial charge is 0.258 e. The fourth-order valence-corrected chi connectivity index (χ4v) is 4.20. The van der Waals surface area contributed by atoms with Gasteiger partial charge in [0.1, 0.15) is 0 Å². The minimum Gasteiger partial charge on any atom is -0.369 e. The van der Waals surface area contributed by atoms with Crippen LogP contribution in [0.25, 0.3) is 5.57 Å². The number of aliphatic hydroxyl groups is 1. The largest absolute Gasteiger partial charge is 0.369 e. The Morgan fingerprint density at radius 1 is 1.17 bits per heavy atom. The first kappa shape index (κ1) is 18.2. The first-order valence-corrected chi connectivity index (χ1v) is 9.83. The van der Waals surface area contributed by atoms with Crippen LogP contribution in [0.2, 0.25) is 0 Å². The summed E-state index contributed by atoms with van der Waals surface area (Å²) >= 11 is 0. The fourth-order valence-electron chi connectivity index (χ4n) is 4.20. The van der Waals surface area contributed by atoms with Crippen LogP contribution in [0.4, 0.5) is 11.4 Å². The molecular weight excluding hydrogens is 376 g/mol. The molecular formula is C24H20N4O2. The third-order valence-electron chi connectivity index (χ3n) is 5.47. The van der Waals surface area contributed by atoms with E-state index in [1.54, 1.807) is 10.9 Å². The van der Waals surface area contributed by atoms with Crippen molar-refractivity contribution in [2.75, 3.05) is 10.2 Å². The predicted molar refractivity (Wildman–Crippen MR) is 115 cm³/mol. The molecule has 0 bridgehead atoms. The number of aromatic nitrogens is 2. The van der Waals surface area contributed by atoms with Crippen molar-refractivity contribution in [3.8, 4) is 11.8 Å². The number of aliphatic hydroxyl groups excluding tert-OH is 1. The summed E-state index contributed by atoms with van der Waals surface area (Å²) in [7, 11) is 1.84. The number of nitrogens with one attached hydrogen (secondary N) is 1. The van der Waals surface area contributed by atoms with E-state index >= 15 is 0 Å². The molecule has 0 saturated carbocycles. The maximum Gasteiger partial charge on any atom is 0.258 e. The van der Waals surface area contributed by atoms with Crippen LogP contribution in [-0.2, 0) is 11.8 Å². The van der Waals surface area contributed by atoms with Crippen molar-refractivity contribution < 1.29 is 9.90 Å². The predicted octanol–water partition coefficient (Wildman–Crippen LogP) is 3.40. The molecule has 2 aromatic carbocycles. The van der Waals surface area contributed by atoms with Crippen molar-refractivity contribution in [3.05, 3.63) is 82.8 Å². The number of rotatable bonds is 2. The van der Waals surface area contributed by atoms with Crippen LogP contribution < -0.4 is 10.2 Å². The number of para-hydroxylation sites is 1. The number of carbonyl (C=O) groups is 1. The van der Waals surface area contributed by atoms with Gasteiger partial charge in [0.05, 0.1) is 17.3 Å². The minimum absolute atomic E-state index is 0.145. The van der Waals surface area contributed by atoms with Gasteiger partial charge in [-0.1, -0.05) is 37.0 Å². The summed E-state index contributed by atoms with van der Waals surface area (Å²) in [4.78, 5) is 14.7. The highest BCUT2D eigenvalue weighted by atomic mass is 16.3. The van der Waals surface area contributed by atoms with Gasteiger partial charge in [-0.3, -0.25) is 9.48 Å². The van der Waals surface area contributed by atoms with Crippen LogP contribution in [0.15, 0.2) is 60.6 Å². The lowest BCUT2D eigenvalue weighted by atomic mass is 9.88. The van der Waals surface area contributed by atoms with E-state index < -0.39 is 6.23 Å². The zero-order chi connectivity index (χ0) is 20.8. The molecule has 6 heteroatoms. The third kappa shape index (κ3) is 2.71. The van der Waals surface area contributed by atoms with E-state index in [-0.39, 0.29) is 5.91 Å². The van der Waals surface area contributed by atoms with Crippen molar-refractivity contribution in [2.24, 2.45) is 7.05 Å². The maximum atomic E-state index is 12.9. The average Bonchev–Trinajstić information content (AvgIpc) is 3.32. The van der Waals surface area contributed by atoms with Crippen molar-refractivity contribution in [1.82, 2.24) is 9.78 Å². The minimum atomic E-state index is -0.952. The zero-order valence-electron chi connectivity index (χ0n) is 16.7. The molecule has 3 heterocycles. The second-order valence-corrected chi connectivity index (χ2v) is 7.31. The number of aryl methyl sites for hydroxylation is 1. The second-order valence-electron chi connectivity index (χ2n) is 7.31. The van der Waals surface area contributed by atoms with Crippen LogP contribution in [0, 0.1) is 11.8 Å². The Kier molecular flexibility index (Phi) is 4.19. The molecule has 0 spiro atoms. The number of hydrogen-bond donors (Lipinski definition) is 2. The summed E-state index contributed by atoms with van der Waals surface area (Å²) in [5.41, 5.74) is 5.85. The summed E-state index contributed by atoms with van der Waals surface area (Å²) in [5.74, 6) is 6.15. The summed E-state index contributed by atoms with van der Waals surface area (Å²) in [6.07, 6.45) is 3.19. The van der Waals surface area contributed by atoms with Gasteiger partial charge in [-0.15, -0.1) is 0 Å². The van der Waals surface area contributed by atoms with Gasteiger partial charge in [0.15, 0.2) is 6.23 Å². The second kappa shape index (κ2) is 6.90. The summed E-state index contributed by atoms with van der Waals surface area (Å²) in [6, 6.07) is 13.3. The zero-order valence-corrected chi connectivity index (χ0v) is 16.7. The summed E-state index contributed by atoms with van der Waals surface area (Å²) < 4.78 is 1.69. The van der Waals surface area contributed by atoms with E-state index in [4.69, 9.17) is 0 Å². The van der Waals surface area contributed by atoms with Crippen molar-refractivity contribution in [3.63, 3.8) is 0 Å². The van der Waals surface area contributed by atoms with Crippen LogP contribution >= 0.6 is 0 Å².